The lowest BCUT2D eigenvalue weighted by Crippen LogP contribution is -2.37. The van der Waals surface area contributed by atoms with Crippen LogP contribution >= 0.6 is 11.3 Å². The smallest absolute Gasteiger partial charge is 0.262 e. The summed E-state index contributed by atoms with van der Waals surface area (Å²) in [6.45, 7) is 5.24. The largest absolute Gasteiger partial charge is 0.454 e. The molecule has 0 radical (unpaired) electrons. The van der Waals surface area contributed by atoms with E-state index in [0.29, 0.717) is 23.8 Å². The summed E-state index contributed by atoms with van der Waals surface area (Å²) in [7, 11) is 1.63. The molecule has 0 saturated carbocycles. The fraction of sp³-hybridized carbons (Fsp3) is 0.381. The van der Waals surface area contributed by atoms with Crippen LogP contribution in [0.15, 0.2) is 24.5 Å². The Morgan fingerprint density at radius 3 is 2.93 bits per heavy atom. The molecule has 0 spiro atoms. The summed E-state index contributed by atoms with van der Waals surface area (Å²) in [6, 6.07) is 5.81. The molecule has 3 heterocycles. The van der Waals surface area contributed by atoms with Gasteiger partial charge in [0.05, 0.1) is 22.9 Å². The van der Waals surface area contributed by atoms with Crippen LogP contribution in [0.2, 0.25) is 0 Å². The third-order valence-corrected chi connectivity index (χ3v) is 6.22. The van der Waals surface area contributed by atoms with Gasteiger partial charge in [-0.3, -0.25) is 4.79 Å². The third kappa shape index (κ3) is 4.03. The lowest BCUT2D eigenvalue weighted by atomic mass is 10.1. The Labute approximate surface area is 178 Å². The predicted molar refractivity (Wildman–Crippen MR) is 115 cm³/mol. The van der Waals surface area contributed by atoms with Crippen LogP contribution in [0, 0.1) is 6.92 Å². The van der Waals surface area contributed by atoms with Crippen molar-refractivity contribution in [3.63, 3.8) is 0 Å². The zero-order valence-electron chi connectivity index (χ0n) is 17.2. The van der Waals surface area contributed by atoms with Crippen LogP contribution in [-0.2, 0) is 11.3 Å². The van der Waals surface area contributed by atoms with E-state index in [4.69, 9.17) is 14.2 Å². The topological polar surface area (TPSA) is 94.6 Å². The molecule has 1 atom stereocenters. The molecule has 1 aliphatic rings. The molecule has 30 heavy (non-hydrogen) atoms. The van der Waals surface area contributed by atoms with Crippen molar-refractivity contribution < 1.29 is 19.0 Å². The molecule has 1 amide bonds. The van der Waals surface area contributed by atoms with Gasteiger partial charge in [-0.05, 0) is 36.6 Å². The van der Waals surface area contributed by atoms with Gasteiger partial charge in [0.15, 0.2) is 11.5 Å². The molecule has 4 rings (SSSR count). The van der Waals surface area contributed by atoms with Crippen LogP contribution in [0.4, 0.5) is 5.82 Å². The minimum Gasteiger partial charge on any atom is -0.454 e. The Hall–Kier alpha value is -2.91. The van der Waals surface area contributed by atoms with Crippen LogP contribution in [0.5, 0.6) is 11.5 Å². The monoisotopic (exact) mass is 428 g/mol. The van der Waals surface area contributed by atoms with E-state index in [0.717, 1.165) is 39.3 Å². The highest BCUT2D eigenvalue weighted by molar-refractivity contribution is 7.20. The summed E-state index contributed by atoms with van der Waals surface area (Å²) in [4.78, 5) is 23.0. The number of nitrogens with zero attached hydrogens (tertiary/aromatic N) is 2. The van der Waals surface area contributed by atoms with Crippen LogP contribution in [0.1, 0.15) is 34.1 Å². The fourth-order valence-corrected chi connectivity index (χ4v) is 4.42. The van der Waals surface area contributed by atoms with E-state index in [1.54, 1.807) is 7.11 Å². The number of aromatic nitrogens is 2. The normalized spacial score (nSPS) is 13.4. The fourth-order valence-electron chi connectivity index (χ4n) is 3.37. The van der Waals surface area contributed by atoms with Gasteiger partial charge in [0.2, 0.25) is 6.79 Å². The van der Waals surface area contributed by atoms with Crippen LogP contribution < -0.4 is 20.1 Å². The molecule has 2 N–H and O–H groups in total. The minimum atomic E-state index is -0.110. The first-order chi connectivity index (χ1) is 14.6. The van der Waals surface area contributed by atoms with Gasteiger partial charge in [-0.15, -0.1) is 11.3 Å². The number of carbonyl (C=O) groups excluding carboxylic acids is 1. The first-order valence-electron chi connectivity index (χ1n) is 9.77. The van der Waals surface area contributed by atoms with Gasteiger partial charge in [0.1, 0.15) is 17.0 Å². The summed E-state index contributed by atoms with van der Waals surface area (Å²) in [5, 5.41) is 7.28. The van der Waals surface area contributed by atoms with E-state index in [2.05, 4.69) is 20.6 Å². The van der Waals surface area contributed by atoms with E-state index < -0.39 is 0 Å². The molecule has 3 aromatic rings. The van der Waals surface area contributed by atoms with E-state index >= 15 is 0 Å². The van der Waals surface area contributed by atoms with Crippen molar-refractivity contribution in [2.45, 2.75) is 32.9 Å². The van der Waals surface area contributed by atoms with Crippen molar-refractivity contribution in [3.8, 4) is 11.5 Å². The summed E-state index contributed by atoms with van der Waals surface area (Å²) < 4.78 is 16.0. The quantitative estimate of drug-likeness (QED) is 0.567. The van der Waals surface area contributed by atoms with E-state index in [1.165, 1.54) is 17.7 Å². The Morgan fingerprint density at radius 1 is 1.30 bits per heavy atom. The zero-order chi connectivity index (χ0) is 21.1. The maximum atomic E-state index is 12.8. The molecule has 1 aromatic carbocycles. The second-order valence-corrected chi connectivity index (χ2v) is 8.03. The predicted octanol–water partition coefficient (Wildman–Crippen LogP) is 3.50. The number of fused-ring (bicyclic) bond motifs is 2. The highest BCUT2D eigenvalue weighted by Gasteiger charge is 2.21. The van der Waals surface area contributed by atoms with Crippen LogP contribution in [0.3, 0.4) is 0 Å². The molecular weight excluding hydrogens is 404 g/mol. The number of thiophene rings is 1. The average molecular weight is 429 g/mol. The highest BCUT2D eigenvalue weighted by atomic mass is 32.1. The van der Waals surface area contributed by atoms with Gasteiger partial charge in [0, 0.05) is 13.7 Å². The summed E-state index contributed by atoms with van der Waals surface area (Å²) in [5.74, 6) is 2.09. The molecule has 0 bridgehead atoms. The molecule has 9 heteroatoms. The van der Waals surface area contributed by atoms with E-state index in [9.17, 15) is 4.79 Å². The number of hydrogen-bond acceptors (Lipinski definition) is 8. The molecule has 1 aliphatic heterocycles. The number of methoxy groups -OCH3 is 1. The molecule has 0 unspecified atom stereocenters. The number of carbonyl (C=O) groups is 1. The zero-order valence-corrected chi connectivity index (χ0v) is 18.0. The Bertz CT molecular complexity index is 1070. The first-order valence-corrected chi connectivity index (χ1v) is 10.6. The highest BCUT2D eigenvalue weighted by Crippen LogP contribution is 2.35. The van der Waals surface area contributed by atoms with Gasteiger partial charge in [-0.1, -0.05) is 13.0 Å². The SMILES string of the molecule is CC[C@@H](COC)NC(=O)c1sc2ncnc(NCc3ccc4c(c3)OCO4)c2c1C. The van der Waals surface area contributed by atoms with Gasteiger partial charge in [-0.2, -0.15) is 0 Å². The maximum absolute atomic E-state index is 12.8. The minimum absolute atomic E-state index is 0.0261. The Morgan fingerprint density at radius 2 is 2.13 bits per heavy atom. The van der Waals surface area contributed by atoms with Crippen LogP contribution in [0.25, 0.3) is 10.2 Å². The second kappa shape index (κ2) is 8.85. The molecule has 0 aliphatic carbocycles. The van der Waals surface area contributed by atoms with Crippen molar-refractivity contribution in [2.24, 2.45) is 0 Å². The molecular formula is C21H24N4O4S. The number of nitrogens with one attached hydrogen (secondary N) is 2. The molecule has 158 valence electrons. The number of benzene rings is 1. The van der Waals surface area contributed by atoms with Crippen molar-refractivity contribution in [1.29, 1.82) is 0 Å². The van der Waals surface area contributed by atoms with Crippen LogP contribution in [-0.4, -0.2) is 42.4 Å². The average Bonchev–Trinajstić information content (AvgIpc) is 3.36. The van der Waals surface area contributed by atoms with E-state index in [-0.39, 0.29) is 18.7 Å². The number of amides is 1. The summed E-state index contributed by atoms with van der Waals surface area (Å²) >= 11 is 1.37. The number of hydrogen-bond donors (Lipinski definition) is 2. The first kappa shape index (κ1) is 20.4. The van der Waals surface area contributed by atoms with Gasteiger partial charge in [-0.25, -0.2) is 9.97 Å². The number of rotatable bonds is 8. The molecule has 8 nitrogen and oxygen atoms in total. The summed E-state index contributed by atoms with van der Waals surface area (Å²) in [6.07, 6.45) is 2.31. The Kier molecular flexibility index (Phi) is 6.01. The van der Waals surface area contributed by atoms with Crippen molar-refractivity contribution >= 4 is 33.3 Å². The third-order valence-electron chi connectivity index (χ3n) is 5.03. The molecule has 0 saturated heterocycles. The maximum Gasteiger partial charge on any atom is 0.262 e. The van der Waals surface area contributed by atoms with Gasteiger partial charge < -0.3 is 24.8 Å². The van der Waals surface area contributed by atoms with Gasteiger partial charge in [0.25, 0.3) is 5.91 Å². The lowest BCUT2D eigenvalue weighted by Gasteiger charge is -2.15. The second-order valence-electron chi connectivity index (χ2n) is 7.03. The number of ether oxygens (including phenoxy) is 3. The number of aryl methyl sites for hydroxylation is 1. The van der Waals surface area contributed by atoms with Crippen molar-refractivity contribution in [2.75, 3.05) is 25.8 Å². The van der Waals surface area contributed by atoms with E-state index in [1.807, 2.05) is 32.0 Å². The molecule has 0 fully saturated rings. The van der Waals surface area contributed by atoms with Crippen molar-refractivity contribution in [1.82, 2.24) is 15.3 Å². The summed E-state index contributed by atoms with van der Waals surface area (Å²) in [5.41, 5.74) is 1.91. The lowest BCUT2D eigenvalue weighted by molar-refractivity contribution is 0.0898. The Balaban J connectivity index is 1.55. The standard InChI is InChI=1S/C21H24N4O4S/c1-4-14(9-27-3)25-20(26)18-12(2)17-19(23-10-24-21(17)30-18)22-8-13-5-6-15-16(7-13)29-11-28-15/h5-7,10,14H,4,8-9,11H2,1-3H3,(H,25,26)(H,22,23,24)/t14-/m0/s1. The van der Waals surface area contributed by atoms with Gasteiger partial charge >= 0.3 is 0 Å². The number of anilines is 1. The van der Waals surface area contributed by atoms with Crippen molar-refractivity contribution in [3.05, 3.63) is 40.5 Å². The molecule has 2 aromatic heterocycles.